The highest BCUT2D eigenvalue weighted by molar-refractivity contribution is 7.99. The van der Waals surface area contributed by atoms with Crippen LogP contribution in [0.1, 0.15) is 19.9 Å². The zero-order valence-electron chi connectivity index (χ0n) is 11.4. The summed E-state index contributed by atoms with van der Waals surface area (Å²) in [7, 11) is 0. The van der Waals surface area contributed by atoms with Gasteiger partial charge in [0, 0.05) is 21.2 Å². The van der Waals surface area contributed by atoms with E-state index in [0.717, 1.165) is 20.7 Å². The zero-order valence-corrected chi connectivity index (χ0v) is 12.2. The lowest BCUT2D eigenvalue weighted by molar-refractivity contribution is 0.551. The number of rotatable bonds is 3. The van der Waals surface area contributed by atoms with E-state index in [1.165, 1.54) is 12.1 Å². The van der Waals surface area contributed by atoms with Crippen LogP contribution in [0.25, 0.3) is 10.9 Å². The SMILES string of the molecule is CC(C)n1ncc2cc(Sc3ccc(F)cc3)ccc21. The third kappa shape index (κ3) is 2.56. The predicted octanol–water partition coefficient (Wildman–Crippen LogP) is 4.91. The van der Waals surface area contributed by atoms with Crippen molar-refractivity contribution in [2.75, 3.05) is 0 Å². The van der Waals surface area contributed by atoms with E-state index in [4.69, 9.17) is 0 Å². The molecule has 1 aromatic heterocycles. The fourth-order valence-corrected chi connectivity index (χ4v) is 3.01. The van der Waals surface area contributed by atoms with Crippen molar-refractivity contribution in [1.82, 2.24) is 9.78 Å². The molecular weight excluding hydrogens is 271 g/mol. The van der Waals surface area contributed by atoms with E-state index in [1.807, 2.05) is 10.9 Å². The molecule has 0 aliphatic carbocycles. The second-order valence-electron chi connectivity index (χ2n) is 4.96. The van der Waals surface area contributed by atoms with Crippen LogP contribution >= 0.6 is 11.8 Å². The van der Waals surface area contributed by atoms with Crippen LogP contribution in [0.3, 0.4) is 0 Å². The van der Waals surface area contributed by atoms with Crippen LogP contribution < -0.4 is 0 Å². The van der Waals surface area contributed by atoms with E-state index in [2.05, 4.69) is 37.1 Å². The first-order valence-electron chi connectivity index (χ1n) is 6.54. The highest BCUT2D eigenvalue weighted by Crippen LogP contribution is 2.30. The van der Waals surface area contributed by atoms with Gasteiger partial charge in [0.2, 0.25) is 0 Å². The minimum Gasteiger partial charge on any atom is -0.262 e. The number of benzene rings is 2. The second kappa shape index (κ2) is 5.29. The van der Waals surface area contributed by atoms with Gasteiger partial charge in [0.1, 0.15) is 5.82 Å². The molecule has 20 heavy (non-hydrogen) atoms. The number of hydrogen-bond donors (Lipinski definition) is 0. The summed E-state index contributed by atoms with van der Waals surface area (Å²) in [5.41, 5.74) is 1.14. The minimum atomic E-state index is -0.206. The van der Waals surface area contributed by atoms with Crippen molar-refractivity contribution >= 4 is 22.7 Å². The summed E-state index contributed by atoms with van der Waals surface area (Å²) in [4.78, 5) is 2.16. The van der Waals surface area contributed by atoms with Crippen molar-refractivity contribution in [3.63, 3.8) is 0 Å². The summed E-state index contributed by atoms with van der Waals surface area (Å²) in [5, 5.41) is 5.54. The molecule has 0 radical (unpaired) electrons. The standard InChI is InChI=1S/C16H15FN2S/c1-11(2)19-16-8-7-15(9-12(16)10-18-19)20-14-5-3-13(17)4-6-14/h3-11H,1-2H3. The zero-order chi connectivity index (χ0) is 14.1. The van der Waals surface area contributed by atoms with Crippen molar-refractivity contribution in [1.29, 1.82) is 0 Å². The van der Waals surface area contributed by atoms with E-state index < -0.39 is 0 Å². The average Bonchev–Trinajstić information content (AvgIpc) is 2.84. The molecule has 0 unspecified atom stereocenters. The molecule has 0 fully saturated rings. The van der Waals surface area contributed by atoms with Gasteiger partial charge in [-0.1, -0.05) is 11.8 Å². The van der Waals surface area contributed by atoms with Gasteiger partial charge in [0.05, 0.1) is 11.7 Å². The lowest BCUT2D eigenvalue weighted by Crippen LogP contribution is -2.01. The van der Waals surface area contributed by atoms with Gasteiger partial charge < -0.3 is 0 Å². The van der Waals surface area contributed by atoms with Crippen LogP contribution in [0, 0.1) is 5.82 Å². The van der Waals surface area contributed by atoms with Crippen LogP contribution in [0.5, 0.6) is 0 Å². The highest BCUT2D eigenvalue weighted by atomic mass is 32.2. The number of fused-ring (bicyclic) bond motifs is 1. The van der Waals surface area contributed by atoms with Crippen molar-refractivity contribution in [2.24, 2.45) is 0 Å². The lowest BCUT2D eigenvalue weighted by atomic mass is 10.2. The summed E-state index contributed by atoms with van der Waals surface area (Å²) >= 11 is 1.63. The largest absolute Gasteiger partial charge is 0.262 e. The molecular formula is C16H15FN2S. The van der Waals surface area contributed by atoms with E-state index >= 15 is 0 Å². The number of nitrogens with zero attached hydrogens (tertiary/aromatic N) is 2. The summed E-state index contributed by atoms with van der Waals surface area (Å²) in [6.45, 7) is 4.24. The topological polar surface area (TPSA) is 17.8 Å². The average molecular weight is 286 g/mol. The molecule has 0 saturated heterocycles. The van der Waals surface area contributed by atoms with Gasteiger partial charge in [0.15, 0.2) is 0 Å². The van der Waals surface area contributed by atoms with Crippen molar-refractivity contribution in [3.8, 4) is 0 Å². The monoisotopic (exact) mass is 286 g/mol. The Morgan fingerprint density at radius 1 is 1.05 bits per heavy atom. The molecule has 0 amide bonds. The van der Waals surface area contributed by atoms with E-state index in [9.17, 15) is 4.39 Å². The van der Waals surface area contributed by atoms with Crippen LogP contribution in [0.15, 0.2) is 58.5 Å². The molecule has 0 aliphatic heterocycles. The first kappa shape index (κ1) is 13.2. The Balaban J connectivity index is 1.91. The fourth-order valence-electron chi connectivity index (χ4n) is 2.14. The fraction of sp³-hybridized carbons (Fsp3) is 0.188. The van der Waals surface area contributed by atoms with Crippen LogP contribution in [-0.2, 0) is 0 Å². The molecule has 0 spiro atoms. The molecule has 1 heterocycles. The third-order valence-corrected chi connectivity index (χ3v) is 4.10. The summed E-state index contributed by atoms with van der Waals surface area (Å²) in [6.07, 6.45) is 1.89. The first-order chi connectivity index (χ1) is 9.63. The molecule has 2 nitrogen and oxygen atoms in total. The van der Waals surface area contributed by atoms with Gasteiger partial charge in [-0.25, -0.2) is 4.39 Å². The third-order valence-electron chi connectivity index (χ3n) is 3.11. The van der Waals surface area contributed by atoms with E-state index in [1.54, 1.807) is 23.9 Å². The smallest absolute Gasteiger partial charge is 0.123 e. The van der Waals surface area contributed by atoms with Gasteiger partial charge in [-0.3, -0.25) is 4.68 Å². The molecule has 3 rings (SSSR count). The molecule has 0 N–H and O–H groups in total. The first-order valence-corrected chi connectivity index (χ1v) is 7.36. The van der Waals surface area contributed by atoms with Crippen LogP contribution in [-0.4, -0.2) is 9.78 Å². The number of aromatic nitrogens is 2. The Kier molecular flexibility index (Phi) is 3.49. The van der Waals surface area contributed by atoms with E-state index in [0.29, 0.717) is 6.04 Å². The molecule has 102 valence electrons. The van der Waals surface area contributed by atoms with E-state index in [-0.39, 0.29) is 5.82 Å². The normalized spacial score (nSPS) is 11.4. The molecule has 0 bridgehead atoms. The van der Waals surface area contributed by atoms with Gasteiger partial charge in [-0.05, 0) is 56.3 Å². The number of halogens is 1. The molecule has 0 atom stereocenters. The van der Waals surface area contributed by atoms with Crippen molar-refractivity contribution in [2.45, 2.75) is 29.7 Å². The quantitative estimate of drug-likeness (QED) is 0.681. The Morgan fingerprint density at radius 3 is 2.45 bits per heavy atom. The van der Waals surface area contributed by atoms with Gasteiger partial charge in [-0.2, -0.15) is 5.10 Å². The highest BCUT2D eigenvalue weighted by Gasteiger charge is 2.07. The summed E-state index contributed by atoms with van der Waals surface area (Å²) in [5.74, 6) is -0.206. The Morgan fingerprint density at radius 2 is 1.75 bits per heavy atom. The Hall–Kier alpha value is -1.81. The molecule has 2 aromatic carbocycles. The molecule has 4 heteroatoms. The van der Waals surface area contributed by atoms with Gasteiger partial charge in [0.25, 0.3) is 0 Å². The maximum absolute atomic E-state index is 12.9. The van der Waals surface area contributed by atoms with Crippen molar-refractivity contribution < 1.29 is 4.39 Å². The van der Waals surface area contributed by atoms with Crippen molar-refractivity contribution in [3.05, 3.63) is 54.5 Å². The summed E-state index contributed by atoms with van der Waals surface area (Å²) < 4.78 is 14.9. The predicted molar refractivity (Wildman–Crippen MR) is 80.6 cm³/mol. The van der Waals surface area contributed by atoms with Crippen LogP contribution in [0.2, 0.25) is 0 Å². The lowest BCUT2D eigenvalue weighted by Gasteiger charge is -2.07. The molecule has 0 saturated carbocycles. The summed E-state index contributed by atoms with van der Waals surface area (Å²) in [6, 6.07) is 13.2. The number of hydrogen-bond acceptors (Lipinski definition) is 2. The second-order valence-corrected chi connectivity index (χ2v) is 6.11. The Labute approximate surface area is 121 Å². The maximum atomic E-state index is 12.9. The van der Waals surface area contributed by atoms with Gasteiger partial charge in [-0.15, -0.1) is 0 Å². The van der Waals surface area contributed by atoms with Gasteiger partial charge >= 0.3 is 0 Å². The maximum Gasteiger partial charge on any atom is 0.123 e. The minimum absolute atomic E-state index is 0.206. The Bertz CT molecular complexity index is 732. The van der Waals surface area contributed by atoms with Crippen LogP contribution in [0.4, 0.5) is 4.39 Å². The molecule has 0 aliphatic rings. The molecule has 3 aromatic rings.